The number of halogens is 2. The molecule has 0 aliphatic rings. The van der Waals surface area contributed by atoms with Crippen LogP contribution in [-0.2, 0) is 15.3 Å². The summed E-state index contributed by atoms with van der Waals surface area (Å²) in [6.45, 7) is 8.28. The third-order valence-electron chi connectivity index (χ3n) is 5.37. The second-order valence-corrected chi connectivity index (χ2v) is 11.5. The van der Waals surface area contributed by atoms with Gasteiger partial charge in [0.25, 0.3) is 0 Å². The quantitative estimate of drug-likeness (QED) is 0.378. The Morgan fingerprint density at radius 3 is 2.12 bits per heavy atom. The standard InChI is InChI=1S/C24H32Cl2O5S/c1-5-7-12-30-20-10-8-17(9-11-20)24(3,4)18-13-21(25)23(22(26)14-18)31-15-19(27)16-32(28,29)6-2/h8-11,13-14,19,27H,5-7,12,15-16H2,1-4H3/t19-/m0/s1. The van der Waals surface area contributed by atoms with E-state index in [1.165, 1.54) is 6.92 Å². The molecule has 0 heterocycles. The molecule has 32 heavy (non-hydrogen) atoms. The predicted octanol–water partition coefficient (Wildman–Crippen LogP) is 5.67. The van der Waals surface area contributed by atoms with Gasteiger partial charge in [-0.1, -0.05) is 69.5 Å². The average Bonchev–Trinajstić information content (AvgIpc) is 2.73. The summed E-state index contributed by atoms with van der Waals surface area (Å²) in [5, 5.41) is 10.6. The first-order valence-corrected chi connectivity index (χ1v) is 13.3. The van der Waals surface area contributed by atoms with Crippen molar-refractivity contribution in [1.82, 2.24) is 0 Å². The van der Waals surface area contributed by atoms with Gasteiger partial charge in [0.2, 0.25) is 0 Å². The van der Waals surface area contributed by atoms with Gasteiger partial charge in [0.15, 0.2) is 15.6 Å². The third kappa shape index (κ3) is 7.27. The zero-order chi connectivity index (χ0) is 23.9. The van der Waals surface area contributed by atoms with Crippen molar-refractivity contribution in [1.29, 1.82) is 0 Å². The van der Waals surface area contributed by atoms with Crippen LogP contribution in [0, 0.1) is 0 Å². The molecule has 2 aromatic carbocycles. The number of aliphatic hydroxyl groups excluding tert-OH is 1. The first-order valence-electron chi connectivity index (χ1n) is 10.7. The Balaban J connectivity index is 2.15. The molecule has 0 aromatic heterocycles. The molecule has 1 N–H and O–H groups in total. The van der Waals surface area contributed by atoms with E-state index in [1.54, 1.807) is 12.1 Å². The molecular formula is C24H32Cl2O5S. The fourth-order valence-electron chi connectivity index (χ4n) is 3.17. The fraction of sp³-hybridized carbons (Fsp3) is 0.500. The number of ether oxygens (including phenoxy) is 2. The van der Waals surface area contributed by atoms with E-state index in [0.29, 0.717) is 16.7 Å². The Hall–Kier alpha value is -1.47. The molecule has 0 unspecified atom stereocenters. The lowest BCUT2D eigenvalue weighted by atomic mass is 9.78. The number of rotatable bonds is 12. The molecule has 0 bridgehead atoms. The molecule has 2 rings (SSSR count). The number of unbranched alkanes of at least 4 members (excludes halogenated alkanes) is 1. The van der Waals surface area contributed by atoms with Gasteiger partial charge in [0.05, 0.1) is 22.4 Å². The predicted molar refractivity (Wildman–Crippen MR) is 131 cm³/mol. The van der Waals surface area contributed by atoms with Gasteiger partial charge in [-0.25, -0.2) is 8.42 Å². The Bertz CT molecular complexity index is 965. The summed E-state index contributed by atoms with van der Waals surface area (Å²) in [7, 11) is -3.31. The summed E-state index contributed by atoms with van der Waals surface area (Å²) < 4.78 is 34.6. The topological polar surface area (TPSA) is 72.8 Å². The van der Waals surface area contributed by atoms with Crippen molar-refractivity contribution in [3.63, 3.8) is 0 Å². The molecule has 0 radical (unpaired) electrons. The van der Waals surface area contributed by atoms with Crippen LogP contribution < -0.4 is 9.47 Å². The third-order valence-corrected chi connectivity index (χ3v) is 7.70. The van der Waals surface area contributed by atoms with Crippen molar-refractivity contribution in [3.05, 3.63) is 57.6 Å². The molecule has 0 aliphatic carbocycles. The lowest BCUT2D eigenvalue weighted by Crippen LogP contribution is -2.28. The van der Waals surface area contributed by atoms with E-state index in [0.717, 1.165) is 29.7 Å². The molecule has 0 spiro atoms. The van der Waals surface area contributed by atoms with E-state index in [1.807, 2.05) is 24.3 Å². The van der Waals surface area contributed by atoms with Crippen LogP contribution in [0.15, 0.2) is 36.4 Å². The average molecular weight is 503 g/mol. The largest absolute Gasteiger partial charge is 0.494 e. The van der Waals surface area contributed by atoms with Crippen molar-refractivity contribution >= 4 is 33.0 Å². The van der Waals surface area contributed by atoms with Gasteiger partial charge >= 0.3 is 0 Å². The van der Waals surface area contributed by atoms with Crippen LogP contribution in [0.5, 0.6) is 11.5 Å². The van der Waals surface area contributed by atoms with Gasteiger partial charge in [-0.3, -0.25) is 0 Å². The Kier molecular flexibility index (Phi) is 9.70. The monoisotopic (exact) mass is 502 g/mol. The van der Waals surface area contributed by atoms with Gasteiger partial charge in [-0.2, -0.15) is 0 Å². The fourth-order valence-corrected chi connectivity index (χ4v) is 4.68. The minimum Gasteiger partial charge on any atom is -0.494 e. The van der Waals surface area contributed by atoms with Crippen LogP contribution in [0.1, 0.15) is 51.7 Å². The highest BCUT2D eigenvalue weighted by Crippen LogP contribution is 2.40. The van der Waals surface area contributed by atoms with Gasteiger partial charge in [-0.05, 0) is 41.8 Å². The van der Waals surface area contributed by atoms with Crippen LogP contribution in [0.3, 0.4) is 0 Å². The van der Waals surface area contributed by atoms with E-state index < -0.39 is 15.9 Å². The highest BCUT2D eigenvalue weighted by atomic mass is 35.5. The van der Waals surface area contributed by atoms with Gasteiger partial charge in [0.1, 0.15) is 18.5 Å². The summed E-state index contributed by atoms with van der Waals surface area (Å²) in [5.41, 5.74) is 1.58. The van der Waals surface area contributed by atoms with E-state index in [2.05, 4.69) is 20.8 Å². The number of sulfone groups is 1. The Morgan fingerprint density at radius 1 is 1.00 bits per heavy atom. The number of hydrogen-bond donors (Lipinski definition) is 1. The highest BCUT2D eigenvalue weighted by Gasteiger charge is 2.26. The normalized spacial score (nSPS) is 13.1. The van der Waals surface area contributed by atoms with Crippen molar-refractivity contribution in [2.24, 2.45) is 0 Å². The molecule has 0 amide bonds. The smallest absolute Gasteiger partial charge is 0.156 e. The Labute approximate surface area is 201 Å². The van der Waals surface area contributed by atoms with Gasteiger partial charge < -0.3 is 14.6 Å². The summed E-state index contributed by atoms with van der Waals surface area (Å²) in [4.78, 5) is 0. The summed E-state index contributed by atoms with van der Waals surface area (Å²) in [6.07, 6.45) is 0.939. The van der Waals surface area contributed by atoms with Crippen molar-refractivity contribution in [2.75, 3.05) is 24.7 Å². The van der Waals surface area contributed by atoms with E-state index in [9.17, 15) is 13.5 Å². The zero-order valence-corrected chi connectivity index (χ0v) is 21.4. The lowest BCUT2D eigenvalue weighted by molar-refractivity contribution is 0.125. The molecule has 0 saturated heterocycles. The van der Waals surface area contributed by atoms with Gasteiger partial charge in [-0.15, -0.1) is 0 Å². The molecular weight excluding hydrogens is 471 g/mol. The molecule has 2 aromatic rings. The van der Waals surface area contributed by atoms with E-state index >= 15 is 0 Å². The molecule has 0 saturated carbocycles. The van der Waals surface area contributed by atoms with Crippen LogP contribution >= 0.6 is 23.2 Å². The molecule has 178 valence electrons. The number of benzene rings is 2. The lowest BCUT2D eigenvalue weighted by Gasteiger charge is -2.27. The summed E-state index contributed by atoms with van der Waals surface area (Å²) in [6, 6.07) is 11.5. The van der Waals surface area contributed by atoms with E-state index in [-0.39, 0.29) is 29.3 Å². The molecule has 5 nitrogen and oxygen atoms in total. The minimum absolute atomic E-state index is 0.0405. The maximum atomic E-state index is 11.7. The van der Waals surface area contributed by atoms with Crippen molar-refractivity contribution < 1.29 is 23.0 Å². The summed E-state index contributed by atoms with van der Waals surface area (Å²) in [5.74, 6) is 0.644. The Morgan fingerprint density at radius 2 is 1.59 bits per heavy atom. The maximum absolute atomic E-state index is 11.7. The molecule has 1 atom stereocenters. The molecule has 0 aliphatic heterocycles. The van der Waals surface area contributed by atoms with Crippen LogP contribution in [0.2, 0.25) is 10.0 Å². The van der Waals surface area contributed by atoms with E-state index in [4.69, 9.17) is 32.7 Å². The SMILES string of the molecule is CCCCOc1ccc(C(C)(C)c2cc(Cl)c(OC[C@H](O)CS(=O)(=O)CC)c(Cl)c2)cc1. The zero-order valence-electron chi connectivity index (χ0n) is 19.0. The maximum Gasteiger partial charge on any atom is 0.156 e. The summed E-state index contributed by atoms with van der Waals surface area (Å²) >= 11 is 12.9. The molecule has 0 fully saturated rings. The van der Waals surface area contributed by atoms with Crippen LogP contribution in [0.4, 0.5) is 0 Å². The first-order chi connectivity index (χ1) is 15.0. The van der Waals surface area contributed by atoms with Crippen molar-refractivity contribution in [3.8, 4) is 11.5 Å². The number of aliphatic hydroxyl groups is 1. The van der Waals surface area contributed by atoms with Crippen LogP contribution in [-0.4, -0.2) is 44.3 Å². The highest BCUT2D eigenvalue weighted by molar-refractivity contribution is 7.91. The van der Waals surface area contributed by atoms with Crippen LogP contribution in [0.25, 0.3) is 0 Å². The minimum atomic E-state index is -3.31. The first kappa shape index (κ1) is 26.8. The number of hydrogen-bond acceptors (Lipinski definition) is 5. The second kappa shape index (κ2) is 11.6. The van der Waals surface area contributed by atoms with Crippen molar-refractivity contribution in [2.45, 2.75) is 52.1 Å². The van der Waals surface area contributed by atoms with Gasteiger partial charge in [0, 0.05) is 11.2 Å². The molecule has 8 heteroatoms. The second-order valence-electron chi connectivity index (χ2n) is 8.28.